The molecular weight excluding hydrogens is 781 g/mol. The SMILES string of the molecule is Nc1ncnc2c1c(-c1ccc(Oc3ccccc3)cc1)nn2C1CCCN(C2CCN(CCCN3CCC(c4ccc5c(c4)CN(C4CCC(=O)NC4=O)C5=O)CC3)CC2)C1. The Labute approximate surface area is 362 Å². The van der Waals surface area contributed by atoms with Crippen LogP contribution in [0.2, 0.25) is 0 Å². The van der Waals surface area contributed by atoms with E-state index in [0.29, 0.717) is 36.3 Å². The number of benzene rings is 3. The summed E-state index contributed by atoms with van der Waals surface area (Å²) in [6.07, 6.45) is 10.2. The fourth-order valence-electron chi connectivity index (χ4n) is 10.6. The highest BCUT2D eigenvalue weighted by Crippen LogP contribution is 2.37. The number of imide groups is 1. The lowest BCUT2D eigenvalue weighted by atomic mass is 9.88. The van der Waals surface area contributed by atoms with Crippen LogP contribution in [0, 0.1) is 0 Å². The van der Waals surface area contributed by atoms with Gasteiger partial charge >= 0.3 is 0 Å². The van der Waals surface area contributed by atoms with Crippen molar-refractivity contribution in [2.24, 2.45) is 0 Å². The Balaban J connectivity index is 0.687. The Morgan fingerprint density at radius 2 is 1.52 bits per heavy atom. The molecule has 4 saturated heterocycles. The van der Waals surface area contributed by atoms with E-state index in [2.05, 4.69) is 41.8 Å². The number of anilines is 1. The number of nitrogens with one attached hydrogen (secondary N) is 1. The highest BCUT2D eigenvalue weighted by molar-refractivity contribution is 6.05. The van der Waals surface area contributed by atoms with E-state index in [1.807, 2.05) is 60.7 Å². The predicted octanol–water partition coefficient (Wildman–Crippen LogP) is 6.00. The number of piperidine rings is 4. The molecule has 5 aliphatic rings. The number of nitrogens with zero attached hydrogens (tertiary/aromatic N) is 8. The first kappa shape index (κ1) is 40.4. The molecule has 3 aromatic carbocycles. The van der Waals surface area contributed by atoms with Crippen LogP contribution in [0.4, 0.5) is 5.82 Å². The molecule has 0 spiro atoms. The number of carbonyl (C=O) groups is 3. The van der Waals surface area contributed by atoms with Crippen LogP contribution in [0.25, 0.3) is 22.3 Å². The molecule has 3 amide bonds. The first-order valence-corrected chi connectivity index (χ1v) is 22.6. The fourth-order valence-corrected chi connectivity index (χ4v) is 10.6. The summed E-state index contributed by atoms with van der Waals surface area (Å²) in [6, 6.07) is 24.2. The second-order valence-electron chi connectivity index (χ2n) is 17.8. The lowest BCUT2D eigenvalue weighted by Gasteiger charge is -2.42. The van der Waals surface area contributed by atoms with Crippen LogP contribution in [0.15, 0.2) is 79.1 Å². The van der Waals surface area contributed by atoms with Gasteiger partial charge in [0.1, 0.15) is 35.4 Å². The second-order valence-corrected chi connectivity index (χ2v) is 17.8. The minimum absolute atomic E-state index is 0.106. The maximum atomic E-state index is 13.2. The van der Waals surface area contributed by atoms with Crippen LogP contribution in [-0.2, 0) is 16.1 Å². The molecular formula is C48H56N10O4. The molecule has 2 atom stereocenters. The Hall–Kier alpha value is -5.70. The van der Waals surface area contributed by atoms with Gasteiger partial charge in [0.05, 0.1) is 11.4 Å². The maximum absolute atomic E-state index is 13.2. The normalized spacial score (nSPS) is 22.3. The van der Waals surface area contributed by atoms with Crippen LogP contribution in [-0.4, -0.2) is 122 Å². The van der Waals surface area contributed by atoms with E-state index >= 15 is 0 Å². The number of ether oxygens (including phenoxy) is 1. The van der Waals surface area contributed by atoms with Crippen LogP contribution in [0.5, 0.6) is 11.5 Å². The van der Waals surface area contributed by atoms with Crippen molar-refractivity contribution in [2.75, 3.05) is 58.1 Å². The van der Waals surface area contributed by atoms with E-state index in [4.69, 9.17) is 20.6 Å². The van der Waals surface area contributed by atoms with Crippen molar-refractivity contribution in [1.82, 2.24) is 44.7 Å². The summed E-state index contributed by atoms with van der Waals surface area (Å²) in [5.41, 5.74) is 12.0. The lowest BCUT2D eigenvalue weighted by Crippen LogP contribution is -2.52. The van der Waals surface area contributed by atoms with Gasteiger partial charge in [0.15, 0.2) is 5.65 Å². The fraction of sp³-hybridized carbons (Fsp3) is 0.458. The van der Waals surface area contributed by atoms with Gasteiger partial charge in [-0.3, -0.25) is 24.6 Å². The van der Waals surface area contributed by atoms with Crippen LogP contribution in [0.1, 0.15) is 91.2 Å². The van der Waals surface area contributed by atoms with Gasteiger partial charge in [-0.25, -0.2) is 14.6 Å². The van der Waals surface area contributed by atoms with Crippen molar-refractivity contribution in [3.05, 3.63) is 95.8 Å². The van der Waals surface area contributed by atoms with Gasteiger partial charge in [-0.1, -0.05) is 30.3 Å². The molecule has 2 aromatic heterocycles. The maximum Gasteiger partial charge on any atom is 0.255 e. The van der Waals surface area contributed by atoms with E-state index in [9.17, 15) is 14.4 Å². The number of amides is 3. The predicted molar refractivity (Wildman–Crippen MR) is 237 cm³/mol. The van der Waals surface area contributed by atoms with Crippen molar-refractivity contribution in [2.45, 2.75) is 88.4 Å². The van der Waals surface area contributed by atoms with Crippen molar-refractivity contribution < 1.29 is 19.1 Å². The van der Waals surface area contributed by atoms with Crippen molar-refractivity contribution >= 4 is 34.6 Å². The number of rotatable bonds is 11. The molecule has 322 valence electrons. The van der Waals surface area contributed by atoms with Gasteiger partial charge < -0.3 is 25.2 Å². The summed E-state index contributed by atoms with van der Waals surface area (Å²) in [5, 5.41) is 8.40. The topological polar surface area (TPSA) is 155 Å². The molecule has 5 aromatic rings. The highest BCUT2D eigenvalue weighted by atomic mass is 16.5. The Kier molecular flexibility index (Phi) is 11.5. The minimum Gasteiger partial charge on any atom is -0.457 e. The van der Waals surface area contributed by atoms with Crippen molar-refractivity contribution in [3.8, 4) is 22.8 Å². The van der Waals surface area contributed by atoms with Crippen LogP contribution >= 0.6 is 0 Å². The molecule has 0 saturated carbocycles. The first-order valence-electron chi connectivity index (χ1n) is 22.6. The first-order chi connectivity index (χ1) is 30.3. The number of carbonyl (C=O) groups excluding carboxylic acids is 3. The highest BCUT2D eigenvalue weighted by Gasteiger charge is 2.39. The van der Waals surface area contributed by atoms with E-state index < -0.39 is 6.04 Å². The zero-order valence-electron chi connectivity index (χ0n) is 35.3. The van der Waals surface area contributed by atoms with E-state index in [1.54, 1.807) is 11.2 Å². The monoisotopic (exact) mass is 836 g/mol. The number of hydrogen-bond acceptors (Lipinski definition) is 11. The molecule has 14 nitrogen and oxygen atoms in total. The average Bonchev–Trinajstić information content (AvgIpc) is 3.86. The summed E-state index contributed by atoms with van der Waals surface area (Å²) in [5.74, 6) is 1.75. The third-order valence-electron chi connectivity index (χ3n) is 14.0. The summed E-state index contributed by atoms with van der Waals surface area (Å²) in [4.78, 5) is 56.0. The molecule has 0 bridgehead atoms. The smallest absolute Gasteiger partial charge is 0.255 e. The zero-order valence-corrected chi connectivity index (χ0v) is 35.3. The molecule has 10 rings (SSSR count). The standard InChI is InChI=1S/C48H56N10O4/c49-45-43-44(33-9-12-39(13-10-33)62-38-7-2-1-3-8-38)53-58(46(43)51-31-50-45)37-6-4-23-56(30-37)36-19-26-55(27-20-36)22-5-21-54-24-17-32(18-25-54)34-11-14-40-35(28-34)29-57(48(40)61)41-15-16-42(59)52-47(41)60/h1-3,7-14,28,31-32,36-37,41H,4-6,15-27,29-30H2,(H2,49,50,51)(H,52,59,60). The summed E-state index contributed by atoms with van der Waals surface area (Å²) >= 11 is 0. The number of nitrogen functional groups attached to an aromatic ring is 1. The molecule has 4 fully saturated rings. The zero-order chi connectivity index (χ0) is 42.2. The van der Waals surface area contributed by atoms with E-state index in [-0.39, 0.29) is 30.2 Å². The number of fused-ring (bicyclic) bond motifs is 2. The molecule has 2 unspecified atom stereocenters. The van der Waals surface area contributed by atoms with Gasteiger partial charge in [-0.05, 0) is 157 Å². The Bertz CT molecular complexity index is 2420. The largest absolute Gasteiger partial charge is 0.457 e. The van der Waals surface area contributed by atoms with E-state index in [0.717, 1.165) is 117 Å². The third kappa shape index (κ3) is 8.30. The van der Waals surface area contributed by atoms with Gasteiger partial charge in [0, 0.05) is 36.7 Å². The Morgan fingerprint density at radius 3 is 2.27 bits per heavy atom. The molecule has 62 heavy (non-hydrogen) atoms. The van der Waals surface area contributed by atoms with Crippen LogP contribution < -0.4 is 15.8 Å². The molecule has 5 aliphatic heterocycles. The molecule has 7 heterocycles. The minimum atomic E-state index is -0.576. The van der Waals surface area contributed by atoms with Crippen molar-refractivity contribution in [1.29, 1.82) is 0 Å². The molecule has 14 heteroatoms. The third-order valence-corrected chi connectivity index (χ3v) is 14.0. The second kappa shape index (κ2) is 17.6. The summed E-state index contributed by atoms with van der Waals surface area (Å²) in [7, 11) is 0. The van der Waals surface area contributed by atoms with Gasteiger partial charge in [-0.2, -0.15) is 5.10 Å². The number of aromatic nitrogens is 4. The summed E-state index contributed by atoms with van der Waals surface area (Å²) in [6.45, 7) is 9.21. The number of hydrogen-bond donors (Lipinski definition) is 2. The van der Waals surface area contributed by atoms with Crippen LogP contribution in [0.3, 0.4) is 0 Å². The van der Waals surface area contributed by atoms with Gasteiger partial charge in [0.25, 0.3) is 5.91 Å². The molecule has 0 radical (unpaired) electrons. The van der Waals surface area contributed by atoms with E-state index in [1.165, 1.54) is 24.8 Å². The number of nitrogens with two attached hydrogens (primary N) is 1. The lowest BCUT2D eigenvalue weighted by molar-refractivity contribution is -0.136. The Morgan fingerprint density at radius 1 is 0.774 bits per heavy atom. The number of para-hydroxylation sites is 1. The van der Waals surface area contributed by atoms with Gasteiger partial charge in [0.2, 0.25) is 11.8 Å². The quantitative estimate of drug-likeness (QED) is 0.151. The average molecular weight is 837 g/mol. The number of likely N-dealkylation sites (tertiary alicyclic amines) is 3. The van der Waals surface area contributed by atoms with Gasteiger partial charge in [-0.15, -0.1) is 0 Å². The van der Waals surface area contributed by atoms with Crippen molar-refractivity contribution in [3.63, 3.8) is 0 Å². The molecule has 0 aliphatic carbocycles. The molecule has 3 N–H and O–H groups in total. The summed E-state index contributed by atoms with van der Waals surface area (Å²) < 4.78 is 8.16.